The lowest BCUT2D eigenvalue weighted by molar-refractivity contribution is 0.0942. The van der Waals surface area contributed by atoms with Crippen LogP contribution in [0.5, 0.6) is 0 Å². The van der Waals surface area contributed by atoms with Crippen molar-refractivity contribution in [2.45, 2.75) is 18.4 Å². The van der Waals surface area contributed by atoms with Gasteiger partial charge in [0.1, 0.15) is 5.54 Å². The average Bonchev–Trinajstić information content (AvgIpc) is 3.01. The molecule has 0 unspecified atom stereocenters. The first-order chi connectivity index (χ1) is 9.24. The highest BCUT2D eigenvalue weighted by atomic mass is 16.1. The number of carbonyl (C=O) groups is 1. The van der Waals surface area contributed by atoms with Gasteiger partial charge in [-0.3, -0.25) is 9.89 Å². The lowest BCUT2D eigenvalue weighted by atomic mass is 10.0. The van der Waals surface area contributed by atoms with Gasteiger partial charge in [0.25, 0.3) is 5.91 Å². The molecule has 1 fully saturated rings. The Morgan fingerprint density at radius 2 is 2.21 bits per heavy atom. The predicted molar refractivity (Wildman–Crippen MR) is 69.1 cm³/mol. The first kappa shape index (κ1) is 11.5. The van der Waals surface area contributed by atoms with Crippen molar-refractivity contribution in [3.05, 3.63) is 42.2 Å². The smallest absolute Gasteiger partial charge is 0.253 e. The molecule has 0 saturated heterocycles. The largest absolute Gasteiger partial charge is 0.334 e. The zero-order chi connectivity index (χ0) is 13.3. The molecule has 1 aliphatic rings. The van der Waals surface area contributed by atoms with Crippen molar-refractivity contribution >= 4 is 5.91 Å². The monoisotopic (exact) mass is 252 g/mol. The number of amides is 1. The second-order valence-corrected chi connectivity index (χ2v) is 4.68. The van der Waals surface area contributed by atoms with E-state index < -0.39 is 5.54 Å². The van der Waals surface area contributed by atoms with Crippen molar-refractivity contribution in [1.82, 2.24) is 15.5 Å². The van der Waals surface area contributed by atoms with Gasteiger partial charge in [-0.15, -0.1) is 0 Å². The lowest BCUT2D eigenvalue weighted by Gasteiger charge is -2.11. The Balaban J connectivity index is 1.93. The minimum Gasteiger partial charge on any atom is -0.334 e. The molecule has 0 bridgehead atoms. The Bertz CT molecular complexity index is 650. The standard InChI is InChI=1S/C14H12N4O/c15-9-14(5-6-14)18-13(19)12-4-2-1-3-11(12)10-7-16-17-8-10/h1-4,7-8H,5-6H2,(H,16,17)(H,18,19). The van der Waals surface area contributed by atoms with Gasteiger partial charge >= 0.3 is 0 Å². The summed E-state index contributed by atoms with van der Waals surface area (Å²) < 4.78 is 0. The summed E-state index contributed by atoms with van der Waals surface area (Å²) in [5.41, 5.74) is 1.57. The third kappa shape index (κ3) is 2.08. The number of aromatic nitrogens is 2. The van der Waals surface area contributed by atoms with Crippen LogP contribution in [-0.2, 0) is 0 Å². The normalized spacial score (nSPS) is 15.5. The number of nitrogens with zero attached hydrogens (tertiary/aromatic N) is 2. The number of H-pyrrole nitrogens is 1. The van der Waals surface area contributed by atoms with Gasteiger partial charge in [-0.25, -0.2) is 0 Å². The number of hydrogen-bond acceptors (Lipinski definition) is 3. The molecule has 3 rings (SSSR count). The van der Waals surface area contributed by atoms with Crippen molar-refractivity contribution in [2.75, 3.05) is 0 Å². The van der Waals surface area contributed by atoms with Gasteiger partial charge in [0.05, 0.1) is 12.3 Å². The Kier molecular flexibility index (Phi) is 2.57. The minimum absolute atomic E-state index is 0.212. The van der Waals surface area contributed by atoms with E-state index in [2.05, 4.69) is 21.6 Å². The second-order valence-electron chi connectivity index (χ2n) is 4.68. The van der Waals surface area contributed by atoms with E-state index in [-0.39, 0.29) is 5.91 Å². The molecule has 0 aliphatic heterocycles. The number of carbonyl (C=O) groups excluding carboxylic acids is 1. The number of nitrogens with one attached hydrogen (secondary N) is 2. The third-order valence-corrected chi connectivity index (χ3v) is 3.30. The fraction of sp³-hybridized carbons (Fsp3) is 0.214. The first-order valence-corrected chi connectivity index (χ1v) is 6.06. The summed E-state index contributed by atoms with van der Waals surface area (Å²) in [6.45, 7) is 0. The lowest BCUT2D eigenvalue weighted by Crippen LogP contribution is -2.35. The summed E-state index contributed by atoms with van der Waals surface area (Å²) in [4.78, 5) is 12.3. The maximum atomic E-state index is 12.3. The molecule has 1 amide bonds. The van der Waals surface area contributed by atoms with Crippen LogP contribution in [0.2, 0.25) is 0 Å². The second kappa shape index (κ2) is 4.25. The topological polar surface area (TPSA) is 81.6 Å². The molecule has 0 atom stereocenters. The summed E-state index contributed by atoms with van der Waals surface area (Å²) >= 11 is 0. The summed E-state index contributed by atoms with van der Waals surface area (Å²) in [6.07, 6.45) is 4.86. The van der Waals surface area contributed by atoms with Crippen molar-refractivity contribution in [3.8, 4) is 17.2 Å². The summed E-state index contributed by atoms with van der Waals surface area (Å²) in [5.74, 6) is -0.212. The van der Waals surface area contributed by atoms with Gasteiger partial charge in [-0.2, -0.15) is 10.4 Å². The minimum atomic E-state index is -0.652. The molecule has 1 aliphatic carbocycles. The SMILES string of the molecule is N#CC1(NC(=O)c2ccccc2-c2cn[nH]c2)CC1. The van der Waals surface area contributed by atoms with Crippen LogP contribution in [0.4, 0.5) is 0 Å². The molecule has 0 spiro atoms. The number of benzene rings is 1. The van der Waals surface area contributed by atoms with Crippen molar-refractivity contribution in [2.24, 2.45) is 0 Å². The maximum absolute atomic E-state index is 12.3. The first-order valence-electron chi connectivity index (χ1n) is 6.06. The fourth-order valence-electron chi connectivity index (χ4n) is 2.01. The van der Waals surface area contributed by atoms with Crippen molar-refractivity contribution < 1.29 is 4.79 Å². The van der Waals surface area contributed by atoms with Gasteiger partial charge in [-0.1, -0.05) is 18.2 Å². The molecular weight excluding hydrogens is 240 g/mol. The van der Waals surface area contributed by atoms with E-state index in [1.165, 1.54) is 0 Å². The highest BCUT2D eigenvalue weighted by molar-refractivity contribution is 6.01. The van der Waals surface area contributed by atoms with E-state index in [0.717, 1.165) is 24.0 Å². The number of aromatic amines is 1. The molecule has 2 aromatic rings. The molecule has 1 aromatic heterocycles. The van der Waals surface area contributed by atoms with E-state index in [9.17, 15) is 4.79 Å². The van der Waals surface area contributed by atoms with E-state index in [1.54, 1.807) is 18.5 Å². The molecule has 1 saturated carbocycles. The molecule has 1 heterocycles. The molecule has 5 nitrogen and oxygen atoms in total. The van der Waals surface area contributed by atoms with Gasteiger partial charge in [-0.05, 0) is 24.5 Å². The van der Waals surface area contributed by atoms with E-state index in [1.807, 2.05) is 18.2 Å². The Hall–Kier alpha value is -2.61. The molecular formula is C14H12N4O. The van der Waals surface area contributed by atoms with Crippen molar-refractivity contribution in [3.63, 3.8) is 0 Å². The Labute approximate surface area is 110 Å². The van der Waals surface area contributed by atoms with Gasteiger partial charge in [0.15, 0.2) is 0 Å². The molecule has 5 heteroatoms. The molecule has 1 aromatic carbocycles. The maximum Gasteiger partial charge on any atom is 0.253 e. The zero-order valence-electron chi connectivity index (χ0n) is 10.2. The van der Waals surface area contributed by atoms with Crippen LogP contribution >= 0.6 is 0 Å². The highest BCUT2D eigenvalue weighted by Gasteiger charge is 2.44. The van der Waals surface area contributed by atoms with Gasteiger partial charge in [0.2, 0.25) is 0 Å². The molecule has 19 heavy (non-hydrogen) atoms. The van der Waals surface area contributed by atoms with Crippen LogP contribution in [0.3, 0.4) is 0 Å². The van der Waals surface area contributed by atoms with Gasteiger partial charge < -0.3 is 5.32 Å². The Morgan fingerprint density at radius 3 is 2.84 bits per heavy atom. The van der Waals surface area contributed by atoms with Crippen LogP contribution in [0.1, 0.15) is 23.2 Å². The van der Waals surface area contributed by atoms with Crippen LogP contribution in [0, 0.1) is 11.3 Å². The number of hydrogen-bond donors (Lipinski definition) is 2. The summed E-state index contributed by atoms with van der Waals surface area (Å²) in [6, 6.07) is 9.46. The predicted octanol–water partition coefficient (Wildman–Crippen LogP) is 1.86. The zero-order valence-corrected chi connectivity index (χ0v) is 10.2. The van der Waals surface area contributed by atoms with Gasteiger partial charge in [0, 0.05) is 17.3 Å². The summed E-state index contributed by atoms with van der Waals surface area (Å²) in [7, 11) is 0. The number of rotatable bonds is 3. The Morgan fingerprint density at radius 1 is 1.42 bits per heavy atom. The number of nitriles is 1. The molecule has 94 valence electrons. The van der Waals surface area contributed by atoms with E-state index >= 15 is 0 Å². The highest BCUT2D eigenvalue weighted by Crippen LogP contribution is 2.35. The molecule has 0 radical (unpaired) electrons. The van der Waals surface area contributed by atoms with E-state index in [0.29, 0.717) is 5.56 Å². The van der Waals surface area contributed by atoms with Crippen molar-refractivity contribution in [1.29, 1.82) is 5.26 Å². The van der Waals surface area contributed by atoms with Crippen LogP contribution < -0.4 is 5.32 Å². The third-order valence-electron chi connectivity index (χ3n) is 3.30. The molecule has 2 N–H and O–H groups in total. The van der Waals surface area contributed by atoms with Crippen LogP contribution in [0.15, 0.2) is 36.7 Å². The summed E-state index contributed by atoms with van der Waals surface area (Å²) in [5, 5.41) is 18.5. The van der Waals surface area contributed by atoms with Crippen LogP contribution in [-0.4, -0.2) is 21.6 Å². The average molecular weight is 252 g/mol. The van der Waals surface area contributed by atoms with E-state index in [4.69, 9.17) is 5.26 Å². The van der Waals surface area contributed by atoms with Crippen LogP contribution in [0.25, 0.3) is 11.1 Å². The quantitative estimate of drug-likeness (QED) is 0.874. The fourth-order valence-corrected chi connectivity index (χ4v) is 2.01.